The van der Waals surface area contributed by atoms with Crippen LogP contribution in [0.4, 0.5) is 5.69 Å². The van der Waals surface area contributed by atoms with Crippen LogP contribution in [0, 0.1) is 0 Å². The number of ether oxygens (including phenoxy) is 1. The Bertz CT molecular complexity index is 1070. The van der Waals surface area contributed by atoms with Crippen molar-refractivity contribution < 1.29 is 21.6 Å². The molecule has 2 aromatic carbocycles. The van der Waals surface area contributed by atoms with E-state index in [-0.39, 0.29) is 22.9 Å². The molecule has 0 saturated heterocycles. The fourth-order valence-corrected chi connectivity index (χ4v) is 5.97. The third-order valence-electron chi connectivity index (χ3n) is 4.65. The van der Waals surface area contributed by atoms with E-state index in [0.29, 0.717) is 25.1 Å². The summed E-state index contributed by atoms with van der Waals surface area (Å²) in [5.74, 6) is 0.368. The van der Waals surface area contributed by atoms with Crippen LogP contribution in [0.3, 0.4) is 0 Å². The Kier molecular flexibility index (Phi) is 5.97. The third kappa shape index (κ3) is 4.31. The van der Waals surface area contributed by atoms with Gasteiger partial charge in [-0.15, -0.1) is 0 Å². The van der Waals surface area contributed by atoms with Crippen molar-refractivity contribution in [3.8, 4) is 5.75 Å². The SMILES string of the molecule is CCCS(=O)(=O)N1CCc2ccc(NS(=O)(=O)c3ccccc3OC)cc2C1. The van der Waals surface area contributed by atoms with E-state index >= 15 is 0 Å². The molecule has 1 aliphatic rings. The molecular weight excluding hydrogens is 400 g/mol. The lowest BCUT2D eigenvalue weighted by molar-refractivity contribution is 0.391. The average molecular weight is 425 g/mol. The zero-order valence-electron chi connectivity index (χ0n) is 15.9. The summed E-state index contributed by atoms with van der Waals surface area (Å²) in [5, 5.41) is 0. The topological polar surface area (TPSA) is 92.8 Å². The number of anilines is 1. The first-order chi connectivity index (χ1) is 13.3. The van der Waals surface area contributed by atoms with Crippen LogP contribution < -0.4 is 9.46 Å². The first kappa shape index (κ1) is 20.6. The lowest BCUT2D eigenvalue weighted by Crippen LogP contribution is -2.37. The predicted octanol–water partition coefficient (Wildman–Crippen LogP) is 2.59. The minimum absolute atomic E-state index is 0.0439. The summed E-state index contributed by atoms with van der Waals surface area (Å²) in [6.45, 7) is 2.53. The zero-order chi connectivity index (χ0) is 20.4. The second-order valence-electron chi connectivity index (χ2n) is 6.64. The highest BCUT2D eigenvalue weighted by atomic mass is 32.2. The van der Waals surface area contributed by atoms with Crippen LogP contribution in [-0.2, 0) is 33.0 Å². The number of para-hydroxylation sites is 1. The molecule has 2 aromatic rings. The van der Waals surface area contributed by atoms with Gasteiger partial charge in [0.05, 0.1) is 12.9 Å². The van der Waals surface area contributed by atoms with Gasteiger partial charge in [0.1, 0.15) is 10.6 Å². The molecule has 0 spiro atoms. The van der Waals surface area contributed by atoms with Crippen LogP contribution in [0.1, 0.15) is 24.5 Å². The Labute approximate surface area is 166 Å². The van der Waals surface area contributed by atoms with Crippen molar-refractivity contribution in [2.75, 3.05) is 24.1 Å². The highest BCUT2D eigenvalue weighted by molar-refractivity contribution is 7.92. The highest BCUT2D eigenvalue weighted by Crippen LogP contribution is 2.28. The Balaban J connectivity index is 1.86. The standard InChI is InChI=1S/C19H24N2O5S2/c1-3-12-27(22,23)21-11-10-15-8-9-17(13-16(15)14-21)20-28(24,25)19-7-5-4-6-18(19)26-2/h4-9,13,20H,3,10-12,14H2,1-2H3. The van der Waals surface area contributed by atoms with Crippen molar-refractivity contribution in [3.63, 3.8) is 0 Å². The fourth-order valence-electron chi connectivity index (χ4n) is 3.27. The number of sulfonamides is 2. The van der Waals surface area contributed by atoms with Gasteiger partial charge in [0.2, 0.25) is 10.0 Å². The maximum absolute atomic E-state index is 12.8. The number of benzene rings is 2. The van der Waals surface area contributed by atoms with Crippen molar-refractivity contribution in [1.82, 2.24) is 4.31 Å². The molecule has 0 unspecified atom stereocenters. The van der Waals surface area contributed by atoms with E-state index in [1.807, 2.05) is 13.0 Å². The largest absolute Gasteiger partial charge is 0.495 e. The van der Waals surface area contributed by atoms with Crippen LogP contribution >= 0.6 is 0 Å². The first-order valence-electron chi connectivity index (χ1n) is 9.02. The predicted molar refractivity (Wildman–Crippen MR) is 108 cm³/mol. The van der Waals surface area contributed by atoms with Crippen molar-refractivity contribution in [1.29, 1.82) is 0 Å². The van der Waals surface area contributed by atoms with Crippen molar-refractivity contribution in [2.45, 2.75) is 31.2 Å². The molecular formula is C19H24N2O5S2. The Hall–Kier alpha value is -2.10. The van der Waals surface area contributed by atoms with Gasteiger partial charge in [-0.3, -0.25) is 4.72 Å². The quantitative estimate of drug-likeness (QED) is 0.737. The van der Waals surface area contributed by atoms with Crippen molar-refractivity contribution in [3.05, 3.63) is 53.6 Å². The third-order valence-corrected chi connectivity index (χ3v) is 8.09. The molecule has 1 heterocycles. The van der Waals surface area contributed by atoms with Crippen LogP contribution in [0.2, 0.25) is 0 Å². The van der Waals surface area contributed by atoms with Gasteiger partial charge in [-0.05, 0) is 48.2 Å². The molecule has 7 nitrogen and oxygen atoms in total. The lowest BCUT2D eigenvalue weighted by atomic mass is 10.0. The summed E-state index contributed by atoms with van der Waals surface area (Å²) in [7, 11) is -5.72. The van der Waals surface area contributed by atoms with Gasteiger partial charge in [-0.2, -0.15) is 4.31 Å². The molecule has 0 bridgehead atoms. The van der Waals surface area contributed by atoms with Crippen LogP contribution in [0.15, 0.2) is 47.4 Å². The minimum atomic E-state index is -3.84. The van der Waals surface area contributed by atoms with Gasteiger partial charge in [0.15, 0.2) is 0 Å². The van der Waals surface area contributed by atoms with E-state index in [1.54, 1.807) is 30.3 Å². The minimum Gasteiger partial charge on any atom is -0.495 e. The second-order valence-corrected chi connectivity index (χ2v) is 10.4. The highest BCUT2D eigenvalue weighted by Gasteiger charge is 2.26. The van der Waals surface area contributed by atoms with Crippen LogP contribution in [0.5, 0.6) is 5.75 Å². The average Bonchev–Trinajstić information content (AvgIpc) is 2.67. The Morgan fingerprint density at radius 2 is 1.82 bits per heavy atom. The first-order valence-corrected chi connectivity index (χ1v) is 12.1. The van der Waals surface area contributed by atoms with Gasteiger partial charge in [-0.1, -0.05) is 25.1 Å². The van der Waals surface area contributed by atoms with Gasteiger partial charge < -0.3 is 4.74 Å². The summed E-state index contributed by atoms with van der Waals surface area (Å²) in [4.78, 5) is 0.0439. The molecule has 1 N–H and O–H groups in total. The maximum Gasteiger partial charge on any atom is 0.265 e. The number of nitrogens with one attached hydrogen (secondary N) is 1. The normalized spacial score (nSPS) is 15.1. The van der Waals surface area contributed by atoms with Crippen LogP contribution in [0.25, 0.3) is 0 Å². The Morgan fingerprint density at radius 3 is 2.54 bits per heavy atom. The van der Waals surface area contributed by atoms with Crippen LogP contribution in [-0.4, -0.2) is 40.5 Å². The number of hydrogen-bond acceptors (Lipinski definition) is 5. The van der Waals surface area contributed by atoms with E-state index in [1.165, 1.54) is 17.5 Å². The van der Waals surface area contributed by atoms with Gasteiger partial charge in [-0.25, -0.2) is 16.8 Å². The van der Waals surface area contributed by atoms with E-state index in [0.717, 1.165) is 11.1 Å². The molecule has 9 heteroatoms. The smallest absolute Gasteiger partial charge is 0.265 e. The van der Waals surface area contributed by atoms with Crippen molar-refractivity contribution >= 4 is 25.7 Å². The van der Waals surface area contributed by atoms with Crippen molar-refractivity contribution in [2.24, 2.45) is 0 Å². The number of hydrogen-bond donors (Lipinski definition) is 1. The molecule has 0 saturated carbocycles. The molecule has 0 fully saturated rings. The Morgan fingerprint density at radius 1 is 1.07 bits per heavy atom. The molecule has 1 aliphatic heterocycles. The number of nitrogens with zero attached hydrogens (tertiary/aromatic N) is 1. The molecule has 0 atom stereocenters. The van der Waals surface area contributed by atoms with Gasteiger partial charge in [0.25, 0.3) is 10.0 Å². The molecule has 28 heavy (non-hydrogen) atoms. The molecule has 3 rings (SSSR count). The second kappa shape index (κ2) is 8.10. The molecule has 0 aromatic heterocycles. The van der Waals surface area contributed by atoms with Gasteiger partial charge >= 0.3 is 0 Å². The lowest BCUT2D eigenvalue weighted by Gasteiger charge is -2.28. The summed E-state index contributed by atoms with van der Waals surface area (Å²) in [6, 6.07) is 11.6. The molecule has 152 valence electrons. The number of rotatable bonds is 7. The zero-order valence-corrected chi connectivity index (χ0v) is 17.5. The summed E-state index contributed by atoms with van der Waals surface area (Å²) in [6.07, 6.45) is 1.17. The van der Waals surface area contributed by atoms with E-state index in [9.17, 15) is 16.8 Å². The number of fused-ring (bicyclic) bond motifs is 1. The maximum atomic E-state index is 12.8. The summed E-state index contributed by atoms with van der Waals surface area (Å²) >= 11 is 0. The fraction of sp³-hybridized carbons (Fsp3) is 0.368. The van der Waals surface area contributed by atoms with E-state index in [4.69, 9.17) is 4.74 Å². The van der Waals surface area contributed by atoms with E-state index < -0.39 is 20.0 Å². The monoisotopic (exact) mass is 424 g/mol. The number of methoxy groups -OCH3 is 1. The molecule has 0 aliphatic carbocycles. The van der Waals surface area contributed by atoms with Gasteiger partial charge in [0, 0.05) is 18.8 Å². The summed E-state index contributed by atoms with van der Waals surface area (Å²) in [5.41, 5.74) is 2.23. The summed E-state index contributed by atoms with van der Waals surface area (Å²) < 4.78 is 59.4. The molecule has 0 amide bonds. The van der Waals surface area contributed by atoms with E-state index in [2.05, 4.69) is 4.72 Å². The molecule has 0 radical (unpaired) electrons.